The lowest BCUT2D eigenvalue weighted by molar-refractivity contribution is -0.113. The molecule has 35 heavy (non-hydrogen) atoms. The second-order valence-corrected chi connectivity index (χ2v) is 11.0. The third kappa shape index (κ3) is 4.93. The highest BCUT2D eigenvalue weighted by atomic mass is 32.2. The molecule has 1 N–H and O–H groups in total. The fourth-order valence-electron chi connectivity index (χ4n) is 4.68. The van der Waals surface area contributed by atoms with Crippen molar-refractivity contribution in [1.82, 2.24) is 9.55 Å². The van der Waals surface area contributed by atoms with Gasteiger partial charge in [0.1, 0.15) is 4.83 Å². The van der Waals surface area contributed by atoms with Gasteiger partial charge in [0.25, 0.3) is 5.56 Å². The highest BCUT2D eigenvalue weighted by molar-refractivity contribution is 7.99. The van der Waals surface area contributed by atoms with E-state index in [9.17, 15) is 9.59 Å². The van der Waals surface area contributed by atoms with E-state index in [4.69, 9.17) is 4.98 Å². The Morgan fingerprint density at radius 2 is 1.91 bits per heavy atom. The Hall–Kier alpha value is -2.90. The van der Waals surface area contributed by atoms with Crippen molar-refractivity contribution in [3.63, 3.8) is 0 Å². The van der Waals surface area contributed by atoms with E-state index in [-0.39, 0.29) is 17.2 Å². The van der Waals surface area contributed by atoms with Crippen molar-refractivity contribution in [2.45, 2.75) is 51.1 Å². The molecule has 180 valence electrons. The molecule has 1 amide bonds. The van der Waals surface area contributed by atoms with Crippen LogP contribution in [0.1, 0.15) is 42.7 Å². The Kier molecular flexibility index (Phi) is 7.07. The lowest BCUT2D eigenvalue weighted by Gasteiger charge is -2.20. The summed E-state index contributed by atoms with van der Waals surface area (Å²) in [5, 5.41) is 4.26. The Morgan fingerprint density at radius 3 is 2.63 bits per heavy atom. The minimum absolute atomic E-state index is 0.0355. The van der Waals surface area contributed by atoms with Gasteiger partial charge in [-0.15, -0.1) is 11.3 Å². The molecule has 1 atom stereocenters. The number of nitrogens with one attached hydrogen (secondary N) is 1. The molecule has 7 heteroatoms. The maximum atomic E-state index is 13.8. The Bertz CT molecular complexity index is 1410. The summed E-state index contributed by atoms with van der Waals surface area (Å²) in [6, 6.07) is 17.5. The largest absolute Gasteiger partial charge is 0.325 e. The van der Waals surface area contributed by atoms with Crippen LogP contribution in [-0.4, -0.2) is 21.2 Å². The molecule has 1 aliphatic rings. The van der Waals surface area contributed by atoms with Gasteiger partial charge in [0.2, 0.25) is 5.91 Å². The van der Waals surface area contributed by atoms with E-state index in [1.165, 1.54) is 27.8 Å². The van der Waals surface area contributed by atoms with Crippen LogP contribution in [0.5, 0.6) is 0 Å². The summed E-state index contributed by atoms with van der Waals surface area (Å²) in [7, 11) is 0. The first kappa shape index (κ1) is 23.8. The first-order chi connectivity index (χ1) is 17.1. The number of thiophene rings is 1. The summed E-state index contributed by atoms with van der Waals surface area (Å²) in [5.74, 6) is 0.726. The van der Waals surface area contributed by atoms with Crippen LogP contribution in [0, 0.1) is 5.92 Å². The molecule has 2 heterocycles. The van der Waals surface area contributed by atoms with E-state index in [1.807, 2.05) is 54.6 Å². The second kappa shape index (κ2) is 10.4. The molecule has 0 spiro atoms. The third-order valence-electron chi connectivity index (χ3n) is 6.72. The second-order valence-electron chi connectivity index (χ2n) is 8.96. The van der Waals surface area contributed by atoms with Crippen LogP contribution >= 0.6 is 23.1 Å². The summed E-state index contributed by atoms with van der Waals surface area (Å²) in [6.45, 7) is 4.34. The number of anilines is 1. The highest BCUT2D eigenvalue weighted by Crippen LogP contribution is 2.38. The molecular weight excluding hydrogens is 474 g/mol. The normalized spacial score (nSPS) is 15.2. The number of amides is 1. The first-order valence-corrected chi connectivity index (χ1v) is 14.0. The van der Waals surface area contributed by atoms with Gasteiger partial charge >= 0.3 is 0 Å². The number of nitrogens with zero attached hydrogens (tertiary/aromatic N) is 2. The van der Waals surface area contributed by atoms with Crippen LogP contribution in [0.3, 0.4) is 0 Å². The molecule has 4 aromatic rings. The van der Waals surface area contributed by atoms with E-state index in [0.717, 1.165) is 53.7 Å². The molecule has 5 nitrogen and oxygen atoms in total. The van der Waals surface area contributed by atoms with Crippen LogP contribution in [-0.2, 0) is 24.1 Å². The topological polar surface area (TPSA) is 64.0 Å². The number of hydrogen-bond acceptors (Lipinski definition) is 5. The van der Waals surface area contributed by atoms with Gasteiger partial charge in [0.05, 0.1) is 16.8 Å². The third-order valence-corrected chi connectivity index (χ3v) is 8.81. The van der Waals surface area contributed by atoms with Crippen molar-refractivity contribution in [3.05, 3.63) is 81.0 Å². The number of para-hydroxylation sites is 1. The van der Waals surface area contributed by atoms with E-state index >= 15 is 0 Å². The van der Waals surface area contributed by atoms with Crippen molar-refractivity contribution < 1.29 is 4.79 Å². The predicted molar refractivity (Wildman–Crippen MR) is 146 cm³/mol. The van der Waals surface area contributed by atoms with E-state index in [2.05, 4.69) is 19.2 Å². The van der Waals surface area contributed by atoms with Crippen molar-refractivity contribution >= 4 is 44.9 Å². The van der Waals surface area contributed by atoms with Gasteiger partial charge in [-0.2, -0.15) is 0 Å². The summed E-state index contributed by atoms with van der Waals surface area (Å²) in [6.07, 6.45) is 5.20. The number of benzene rings is 2. The number of aryl methyl sites for hydroxylation is 2. The average Bonchev–Trinajstić information content (AvgIpc) is 3.26. The zero-order valence-electron chi connectivity index (χ0n) is 20.0. The number of aromatic nitrogens is 2. The Labute approximate surface area is 213 Å². The maximum Gasteiger partial charge on any atom is 0.267 e. The molecule has 2 aromatic heterocycles. The standard InChI is InChI=1S/C28H29N3O2S2/c1-3-18-10-13-20(14-11-18)29-24(32)17-34-28-30-26-25(22-15-12-19(4-2)16-23(22)35-26)27(33)31(28)21-8-6-5-7-9-21/h5-11,13-14,19H,3-4,12,15-17H2,1-2H3,(H,29,32). The smallest absolute Gasteiger partial charge is 0.267 e. The highest BCUT2D eigenvalue weighted by Gasteiger charge is 2.26. The molecular formula is C28H29N3O2S2. The number of thioether (sulfide) groups is 1. The number of carbonyl (C=O) groups excluding carboxylic acids is 1. The summed E-state index contributed by atoms with van der Waals surface area (Å²) < 4.78 is 1.68. The van der Waals surface area contributed by atoms with Crippen LogP contribution in [0.25, 0.3) is 15.9 Å². The number of carbonyl (C=O) groups is 1. The molecule has 2 aromatic carbocycles. The first-order valence-electron chi connectivity index (χ1n) is 12.2. The molecule has 0 saturated carbocycles. The zero-order chi connectivity index (χ0) is 24.4. The van der Waals surface area contributed by atoms with Crippen molar-refractivity contribution in [3.8, 4) is 5.69 Å². The number of fused-ring (bicyclic) bond motifs is 3. The lowest BCUT2D eigenvalue weighted by Crippen LogP contribution is -2.23. The maximum absolute atomic E-state index is 13.8. The van der Waals surface area contributed by atoms with Gasteiger partial charge in [0, 0.05) is 10.6 Å². The molecule has 0 saturated heterocycles. The lowest BCUT2D eigenvalue weighted by atomic mass is 9.86. The van der Waals surface area contributed by atoms with Gasteiger partial charge in [0.15, 0.2) is 5.16 Å². The summed E-state index contributed by atoms with van der Waals surface area (Å²) in [5.41, 5.74) is 3.92. The molecule has 5 rings (SSSR count). The molecule has 0 bridgehead atoms. The van der Waals surface area contributed by atoms with E-state index in [1.54, 1.807) is 15.9 Å². The van der Waals surface area contributed by atoms with Crippen molar-refractivity contribution in [2.24, 2.45) is 5.92 Å². The monoisotopic (exact) mass is 503 g/mol. The van der Waals surface area contributed by atoms with E-state index < -0.39 is 0 Å². The van der Waals surface area contributed by atoms with Gasteiger partial charge in [-0.25, -0.2) is 4.98 Å². The fourth-order valence-corrected chi connectivity index (χ4v) is 6.86. The minimum atomic E-state index is -0.121. The van der Waals surface area contributed by atoms with Crippen LogP contribution < -0.4 is 10.9 Å². The molecule has 1 aliphatic carbocycles. The van der Waals surface area contributed by atoms with Gasteiger partial charge in [-0.3, -0.25) is 14.2 Å². The number of rotatable bonds is 7. The molecule has 1 unspecified atom stereocenters. The fraction of sp³-hybridized carbons (Fsp3) is 0.321. The zero-order valence-corrected chi connectivity index (χ0v) is 21.7. The van der Waals surface area contributed by atoms with Crippen molar-refractivity contribution in [2.75, 3.05) is 11.1 Å². The van der Waals surface area contributed by atoms with Crippen LogP contribution in [0.4, 0.5) is 5.69 Å². The Morgan fingerprint density at radius 1 is 1.14 bits per heavy atom. The number of hydrogen-bond donors (Lipinski definition) is 1. The summed E-state index contributed by atoms with van der Waals surface area (Å²) >= 11 is 2.96. The molecule has 0 aliphatic heterocycles. The molecule has 0 fully saturated rings. The van der Waals surface area contributed by atoms with Gasteiger partial charge in [-0.1, -0.05) is 62.4 Å². The van der Waals surface area contributed by atoms with Crippen LogP contribution in [0.2, 0.25) is 0 Å². The minimum Gasteiger partial charge on any atom is -0.325 e. The summed E-state index contributed by atoms with van der Waals surface area (Å²) in [4.78, 5) is 33.6. The molecule has 0 radical (unpaired) electrons. The van der Waals surface area contributed by atoms with Crippen molar-refractivity contribution in [1.29, 1.82) is 0 Å². The average molecular weight is 504 g/mol. The van der Waals surface area contributed by atoms with Crippen LogP contribution in [0.15, 0.2) is 64.5 Å². The quantitative estimate of drug-likeness (QED) is 0.239. The van der Waals surface area contributed by atoms with Gasteiger partial charge in [-0.05, 0) is 67.0 Å². The SMILES string of the molecule is CCc1ccc(NC(=O)CSc2nc3sc4c(c3c(=O)n2-c2ccccc2)CCC(CC)C4)cc1. The predicted octanol–water partition coefficient (Wildman–Crippen LogP) is 6.26. The van der Waals surface area contributed by atoms with Gasteiger partial charge < -0.3 is 5.32 Å². The van der Waals surface area contributed by atoms with E-state index in [0.29, 0.717) is 11.1 Å². The Balaban J connectivity index is 1.47.